The first kappa shape index (κ1) is 22.3. The molecule has 8 nitrogen and oxygen atoms in total. The highest BCUT2D eigenvalue weighted by Gasteiger charge is 2.21. The number of nitrogens with zero attached hydrogens (tertiary/aromatic N) is 3. The first-order chi connectivity index (χ1) is 14.9. The van der Waals surface area contributed by atoms with Gasteiger partial charge in [-0.05, 0) is 43.7 Å². The molecule has 10 heteroatoms. The Bertz CT molecular complexity index is 1080. The third-order valence-electron chi connectivity index (χ3n) is 4.27. The van der Waals surface area contributed by atoms with Crippen molar-refractivity contribution in [1.29, 1.82) is 0 Å². The summed E-state index contributed by atoms with van der Waals surface area (Å²) in [5.74, 6) is -0.531. The molecule has 2 aromatic heterocycles. The number of aryl methyl sites for hydroxylation is 1. The number of hydrogen-bond donors (Lipinski definition) is 2. The summed E-state index contributed by atoms with van der Waals surface area (Å²) in [6.07, 6.45) is 3.09. The number of carbonyl (C=O) groups is 2. The summed E-state index contributed by atoms with van der Waals surface area (Å²) in [5, 5.41) is 14.1. The van der Waals surface area contributed by atoms with E-state index < -0.39 is 11.9 Å². The van der Waals surface area contributed by atoms with E-state index >= 15 is 0 Å². The number of anilines is 1. The van der Waals surface area contributed by atoms with Crippen molar-refractivity contribution in [2.75, 3.05) is 11.1 Å². The number of rotatable bonds is 9. The summed E-state index contributed by atoms with van der Waals surface area (Å²) >= 11 is 1.15. The van der Waals surface area contributed by atoms with Crippen LogP contribution in [0.2, 0.25) is 0 Å². The molecule has 31 heavy (non-hydrogen) atoms. The number of amides is 2. The van der Waals surface area contributed by atoms with E-state index in [1.165, 1.54) is 18.4 Å². The summed E-state index contributed by atoms with van der Waals surface area (Å²) in [5.41, 5.74) is 0.891. The smallest absolute Gasteiger partial charge is 0.287 e. The zero-order valence-electron chi connectivity index (χ0n) is 17.1. The fourth-order valence-electron chi connectivity index (χ4n) is 2.81. The maximum atomic E-state index is 13.9. The average Bonchev–Trinajstić information content (AvgIpc) is 3.39. The van der Waals surface area contributed by atoms with Gasteiger partial charge in [0.2, 0.25) is 5.91 Å². The van der Waals surface area contributed by atoms with E-state index in [1.807, 2.05) is 0 Å². The SMILES string of the molecule is C=CCn1c(SCC(=O)Nc2ccc(C)cc2F)nnc1[C@H](C)NC(=O)c1ccco1. The van der Waals surface area contributed by atoms with E-state index in [4.69, 9.17) is 4.42 Å². The Morgan fingerprint density at radius 1 is 1.35 bits per heavy atom. The number of carbonyl (C=O) groups excluding carboxylic acids is 2. The van der Waals surface area contributed by atoms with Crippen molar-refractivity contribution in [2.45, 2.75) is 31.6 Å². The van der Waals surface area contributed by atoms with Crippen LogP contribution in [0.1, 0.15) is 34.9 Å². The predicted octanol–water partition coefficient (Wildman–Crippen LogP) is 3.73. The molecule has 2 amide bonds. The lowest BCUT2D eigenvalue weighted by Gasteiger charge is -2.14. The summed E-state index contributed by atoms with van der Waals surface area (Å²) in [7, 11) is 0. The molecule has 0 aliphatic carbocycles. The minimum absolute atomic E-state index is 0.00965. The summed E-state index contributed by atoms with van der Waals surface area (Å²) in [6, 6.07) is 7.32. The van der Waals surface area contributed by atoms with E-state index in [1.54, 1.807) is 42.7 Å². The molecule has 1 atom stereocenters. The van der Waals surface area contributed by atoms with Gasteiger partial charge in [-0.25, -0.2) is 4.39 Å². The zero-order chi connectivity index (χ0) is 22.4. The molecule has 0 aliphatic rings. The number of thioether (sulfide) groups is 1. The lowest BCUT2D eigenvalue weighted by molar-refractivity contribution is -0.113. The largest absolute Gasteiger partial charge is 0.459 e. The number of hydrogen-bond acceptors (Lipinski definition) is 6. The van der Waals surface area contributed by atoms with Crippen LogP contribution in [0.15, 0.2) is 58.8 Å². The van der Waals surface area contributed by atoms with Crippen molar-refractivity contribution >= 4 is 29.3 Å². The molecule has 2 N–H and O–H groups in total. The third-order valence-corrected chi connectivity index (χ3v) is 5.23. The van der Waals surface area contributed by atoms with Gasteiger partial charge in [-0.2, -0.15) is 0 Å². The maximum absolute atomic E-state index is 13.9. The van der Waals surface area contributed by atoms with Crippen molar-refractivity contribution in [2.24, 2.45) is 0 Å². The Balaban J connectivity index is 1.66. The van der Waals surface area contributed by atoms with Crippen LogP contribution in [0.3, 0.4) is 0 Å². The van der Waals surface area contributed by atoms with Gasteiger partial charge in [0.15, 0.2) is 16.7 Å². The van der Waals surface area contributed by atoms with Crippen LogP contribution in [0.4, 0.5) is 10.1 Å². The average molecular weight is 444 g/mol. The van der Waals surface area contributed by atoms with Crippen molar-refractivity contribution < 1.29 is 18.4 Å². The Hall–Kier alpha value is -3.40. The van der Waals surface area contributed by atoms with Crippen molar-refractivity contribution in [3.8, 4) is 0 Å². The topological polar surface area (TPSA) is 102 Å². The number of aromatic nitrogens is 3. The molecule has 0 saturated carbocycles. The summed E-state index contributed by atoms with van der Waals surface area (Å²) < 4.78 is 20.8. The minimum atomic E-state index is -0.489. The molecular weight excluding hydrogens is 421 g/mol. The molecule has 3 rings (SSSR count). The fourth-order valence-corrected chi connectivity index (χ4v) is 3.56. The van der Waals surface area contributed by atoms with Crippen LogP contribution < -0.4 is 10.6 Å². The van der Waals surface area contributed by atoms with Crippen molar-refractivity contribution in [3.05, 3.63) is 72.2 Å². The predicted molar refractivity (Wildman–Crippen MR) is 115 cm³/mol. The first-order valence-electron chi connectivity index (χ1n) is 9.46. The highest BCUT2D eigenvalue weighted by atomic mass is 32.2. The van der Waals surface area contributed by atoms with Gasteiger partial charge in [-0.15, -0.1) is 16.8 Å². The molecule has 0 radical (unpaired) electrons. The zero-order valence-corrected chi connectivity index (χ0v) is 17.9. The molecule has 0 spiro atoms. The van der Waals surface area contributed by atoms with Crippen LogP contribution >= 0.6 is 11.8 Å². The normalized spacial score (nSPS) is 11.7. The Kier molecular flexibility index (Phi) is 7.24. The lowest BCUT2D eigenvalue weighted by atomic mass is 10.2. The second kappa shape index (κ2) is 10.1. The fraction of sp³-hybridized carbons (Fsp3) is 0.238. The van der Waals surface area contributed by atoms with Gasteiger partial charge in [0.25, 0.3) is 5.91 Å². The molecule has 0 bridgehead atoms. The van der Waals surface area contributed by atoms with Crippen LogP contribution in [0.25, 0.3) is 0 Å². The number of allylic oxidation sites excluding steroid dienone is 1. The molecule has 0 fully saturated rings. The van der Waals surface area contributed by atoms with Gasteiger partial charge >= 0.3 is 0 Å². The van der Waals surface area contributed by atoms with Gasteiger partial charge in [0.1, 0.15) is 5.82 Å². The highest BCUT2D eigenvalue weighted by molar-refractivity contribution is 7.99. The molecule has 3 aromatic rings. The number of furan rings is 1. The summed E-state index contributed by atoms with van der Waals surface area (Å²) in [6.45, 7) is 7.67. The maximum Gasteiger partial charge on any atom is 0.287 e. The van der Waals surface area contributed by atoms with Crippen molar-refractivity contribution in [3.63, 3.8) is 0 Å². The Morgan fingerprint density at radius 2 is 2.16 bits per heavy atom. The van der Waals surface area contributed by atoms with Crippen LogP contribution in [-0.2, 0) is 11.3 Å². The second-order valence-electron chi connectivity index (χ2n) is 6.73. The van der Waals surface area contributed by atoms with Gasteiger partial charge in [0.05, 0.1) is 23.7 Å². The van der Waals surface area contributed by atoms with E-state index in [2.05, 4.69) is 27.4 Å². The number of nitrogens with one attached hydrogen (secondary N) is 2. The Morgan fingerprint density at radius 3 is 2.84 bits per heavy atom. The van der Waals surface area contributed by atoms with Crippen LogP contribution in [-0.4, -0.2) is 32.3 Å². The second-order valence-corrected chi connectivity index (χ2v) is 7.68. The molecule has 162 valence electrons. The van der Waals surface area contributed by atoms with Crippen LogP contribution in [0, 0.1) is 12.7 Å². The van der Waals surface area contributed by atoms with Gasteiger partial charge in [-0.1, -0.05) is 23.9 Å². The Labute approximate surface area is 182 Å². The highest BCUT2D eigenvalue weighted by Crippen LogP contribution is 2.22. The molecule has 0 aliphatic heterocycles. The van der Waals surface area contributed by atoms with Gasteiger partial charge < -0.3 is 19.6 Å². The standard InChI is InChI=1S/C21H22FN5O3S/c1-4-9-27-19(14(3)23-20(29)17-6-5-10-30-17)25-26-21(27)31-12-18(28)24-16-8-7-13(2)11-15(16)22/h4-8,10-11,14H,1,9,12H2,2-3H3,(H,23,29)(H,24,28)/t14-/m0/s1. The number of benzene rings is 1. The van der Waals surface area contributed by atoms with E-state index in [-0.39, 0.29) is 29.0 Å². The molecule has 2 heterocycles. The number of halogens is 1. The summed E-state index contributed by atoms with van der Waals surface area (Å²) in [4.78, 5) is 24.5. The van der Waals surface area contributed by atoms with Gasteiger partial charge in [0, 0.05) is 6.54 Å². The molecule has 1 aromatic carbocycles. The molecular formula is C21H22FN5O3S. The van der Waals surface area contributed by atoms with Crippen LogP contribution in [0.5, 0.6) is 0 Å². The quantitative estimate of drug-likeness (QED) is 0.386. The van der Waals surface area contributed by atoms with Crippen molar-refractivity contribution in [1.82, 2.24) is 20.1 Å². The monoisotopic (exact) mass is 443 g/mol. The lowest BCUT2D eigenvalue weighted by Crippen LogP contribution is -2.28. The van der Waals surface area contributed by atoms with Gasteiger partial charge in [-0.3, -0.25) is 9.59 Å². The molecule has 0 saturated heterocycles. The third kappa shape index (κ3) is 5.60. The van der Waals surface area contributed by atoms with E-state index in [0.717, 1.165) is 17.3 Å². The first-order valence-corrected chi connectivity index (χ1v) is 10.4. The van der Waals surface area contributed by atoms with E-state index in [0.29, 0.717) is 17.5 Å². The minimum Gasteiger partial charge on any atom is -0.459 e. The molecule has 0 unspecified atom stereocenters. The van der Waals surface area contributed by atoms with E-state index in [9.17, 15) is 14.0 Å².